The summed E-state index contributed by atoms with van der Waals surface area (Å²) in [5.74, 6) is 1.87. The highest BCUT2D eigenvalue weighted by Crippen LogP contribution is 2.36. The van der Waals surface area contributed by atoms with Crippen molar-refractivity contribution in [3.8, 4) is 22.9 Å². The highest BCUT2D eigenvalue weighted by molar-refractivity contribution is 8.00. The zero-order chi connectivity index (χ0) is 26.5. The Hall–Kier alpha value is -3.33. The molecule has 0 spiro atoms. The largest absolute Gasteiger partial charge is 0.438 e. The number of pyridine rings is 1. The molecule has 5 rings (SSSR count). The number of aryl methyl sites for hydroxylation is 2. The predicted octanol–water partition coefficient (Wildman–Crippen LogP) is 7.40. The molecule has 2 aromatic carbocycles. The number of nitrogens with two attached hydrogens (primary N) is 1. The number of hydrogen-bond acceptors (Lipinski definition) is 8. The third kappa shape index (κ3) is 6.38. The molecule has 4 N–H and O–H groups in total. The van der Waals surface area contributed by atoms with Gasteiger partial charge in [0.15, 0.2) is 0 Å². The lowest BCUT2D eigenvalue weighted by atomic mass is 9.92. The molecule has 38 heavy (non-hydrogen) atoms. The minimum absolute atomic E-state index is 0.299. The molecule has 2 aromatic heterocycles. The van der Waals surface area contributed by atoms with Crippen molar-refractivity contribution in [3.05, 3.63) is 83.1 Å². The number of anilines is 2. The van der Waals surface area contributed by atoms with Gasteiger partial charge in [-0.3, -0.25) is 0 Å². The summed E-state index contributed by atoms with van der Waals surface area (Å²) in [5, 5.41) is 4.19. The van der Waals surface area contributed by atoms with Crippen molar-refractivity contribution < 1.29 is 4.74 Å². The van der Waals surface area contributed by atoms with Crippen molar-refractivity contribution in [2.45, 2.75) is 56.5 Å². The highest BCUT2D eigenvalue weighted by atomic mass is 35.5. The van der Waals surface area contributed by atoms with E-state index in [0.29, 0.717) is 28.9 Å². The molecule has 1 aliphatic carbocycles. The van der Waals surface area contributed by atoms with E-state index in [9.17, 15) is 0 Å². The van der Waals surface area contributed by atoms with Gasteiger partial charge < -0.3 is 20.5 Å². The fourth-order valence-electron chi connectivity index (χ4n) is 4.60. The third-order valence-corrected chi connectivity index (χ3v) is 7.94. The van der Waals surface area contributed by atoms with Gasteiger partial charge in [-0.2, -0.15) is 0 Å². The van der Waals surface area contributed by atoms with E-state index in [-0.39, 0.29) is 0 Å². The normalized spacial score (nSPS) is 17.2. The maximum atomic E-state index is 6.40. The van der Waals surface area contributed by atoms with E-state index in [2.05, 4.69) is 32.1 Å². The van der Waals surface area contributed by atoms with Crippen molar-refractivity contribution in [1.82, 2.24) is 15.0 Å². The van der Waals surface area contributed by atoms with E-state index in [1.807, 2.05) is 56.3 Å². The second-order valence-corrected chi connectivity index (χ2v) is 10.8. The Bertz CT molecular complexity index is 1390. The number of halogens is 1. The molecule has 2 heterocycles. The molecule has 4 aromatic rings. The predicted molar refractivity (Wildman–Crippen MR) is 156 cm³/mol. The Labute approximate surface area is 232 Å². The van der Waals surface area contributed by atoms with Gasteiger partial charge >= 0.3 is 0 Å². The average Bonchev–Trinajstić information content (AvgIpc) is 2.92. The van der Waals surface area contributed by atoms with E-state index in [1.165, 1.54) is 11.9 Å². The molecule has 1 aliphatic rings. The number of nitrogens with zero attached hydrogens (tertiary/aromatic N) is 3. The van der Waals surface area contributed by atoms with Crippen LogP contribution in [0.3, 0.4) is 0 Å². The standard InChI is InChI=1S/C29H31ClN6OS/c1-18-16-22(36-38-26-8-4-3-7-24(26)30)17-19(2)27(18)37-28-23(6-5-14-32-28)25-13-15-33-29(35-25)34-21-11-9-20(31)10-12-21/h3-8,13-17,20-21,36H,9-12,31H2,1-2H3,(H,33,34,35). The van der Waals surface area contributed by atoms with Crippen LogP contribution in [0.25, 0.3) is 11.3 Å². The molecule has 196 valence electrons. The van der Waals surface area contributed by atoms with Crippen LogP contribution in [0.5, 0.6) is 11.6 Å². The van der Waals surface area contributed by atoms with E-state index in [0.717, 1.165) is 64.4 Å². The van der Waals surface area contributed by atoms with Crippen LogP contribution in [0.2, 0.25) is 5.02 Å². The van der Waals surface area contributed by atoms with Crippen LogP contribution in [0.1, 0.15) is 36.8 Å². The Morgan fingerprint density at radius 3 is 2.47 bits per heavy atom. The van der Waals surface area contributed by atoms with E-state index in [4.69, 9.17) is 27.1 Å². The second-order valence-electron chi connectivity index (χ2n) is 9.55. The SMILES string of the molecule is Cc1cc(NSc2ccccc2Cl)cc(C)c1Oc1ncccc1-c1ccnc(NC2CCC(N)CC2)n1. The molecule has 0 saturated heterocycles. The molecule has 0 aliphatic heterocycles. The van der Waals surface area contributed by atoms with Crippen LogP contribution in [0.15, 0.2) is 71.9 Å². The molecule has 1 saturated carbocycles. The molecular weight excluding hydrogens is 516 g/mol. The van der Waals surface area contributed by atoms with Crippen molar-refractivity contribution in [2.75, 3.05) is 10.0 Å². The van der Waals surface area contributed by atoms with Crippen molar-refractivity contribution >= 4 is 35.2 Å². The van der Waals surface area contributed by atoms with Crippen molar-refractivity contribution in [3.63, 3.8) is 0 Å². The van der Waals surface area contributed by atoms with Gasteiger partial charge in [0, 0.05) is 35.1 Å². The summed E-state index contributed by atoms with van der Waals surface area (Å²) in [6.45, 7) is 4.05. The summed E-state index contributed by atoms with van der Waals surface area (Å²) in [5.41, 5.74) is 10.6. The summed E-state index contributed by atoms with van der Waals surface area (Å²) in [4.78, 5) is 14.7. The van der Waals surface area contributed by atoms with E-state index >= 15 is 0 Å². The van der Waals surface area contributed by atoms with Gasteiger partial charge in [0.05, 0.1) is 16.3 Å². The number of rotatable bonds is 8. The minimum Gasteiger partial charge on any atom is -0.438 e. The van der Waals surface area contributed by atoms with Gasteiger partial charge in [0.2, 0.25) is 11.8 Å². The van der Waals surface area contributed by atoms with Crippen LogP contribution in [0, 0.1) is 13.8 Å². The topological polar surface area (TPSA) is 98.0 Å². The zero-order valence-corrected chi connectivity index (χ0v) is 23.0. The number of hydrogen-bond donors (Lipinski definition) is 3. The molecule has 0 atom stereocenters. The first-order valence-electron chi connectivity index (χ1n) is 12.7. The summed E-state index contributed by atoms with van der Waals surface area (Å²) in [7, 11) is 0. The Kier molecular flexibility index (Phi) is 8.32. The fraction of sp³-hybridized carbons (Fsp3) is 0.276. The second kappa shape index (κ2) is 12.0. The van der Waals surface area contributed by atoms with Crippen LogP contribution >= 0.6 is 23.5 Å². The van der Waals surface area contributed by atoms with Gasteiger partial charge in [-0.25, -0.2) is 15.0 Å². The number of aromatic nitrogens is 3. The molecule has 0 amide bonds. The Morgan fingerprint density at radius 1 is 0.947 bits per heavy atom. The third-order valence-electron chi connectivity index (χ3n) is 6.58. The number of ether oxygens (including phenoxy) is 1. The van der Waals surface area contributed by atoms with Gasteiger partial charge in [-0.1, -0.05) is 23.7 Å². The molecule has 9 heteroatoms. The maximum Gasteiger partial charge on any atom is 0.228 e. The molecule has 0 unspecified atom stereocenters. The fourth-order valence-corrected chi connectivity index (χ4v) is 5.51. The molecular formula is C29H31ClN6OS. The minimum atomic E-state index is 0.299. The lowest BCUT2D eigenvalue weighted by Crippen LogP contribution is -2.33. The smallest absolute Gasteiger partial charge is 0.228 e. The van der Waals surface area contributed by atoms with Crippen LogP contribution < -0.4 is 20.5 Å². The molecule has 0 radical (unpaired) electrons. The Morgan fingerprint density at radius 2 is 1.71 bits per heavy atom. The van der Waals surface area contributed by atoms with Gasteiger partial charge in [-0.15, -0.1) is 0 Å². The summed E-state index contributed by atoms with van der Waals surface area (Å²) in [6.07, 6.45) is 7.58. The lowest BCUT2D eigenvalue weighted by molar-refractivity contribution is 0.410. The lowest BCUT2D eigenvalue weighted by Gasteiger charge is -2.26. The quantitative estimate of drug-likeness (QED) is 0.197. The average molecular weight is 547 g/mol. The summed E-state index contributed by atoms with van der Waals surface area (Å²) < 4.78 is 9.79. The zero-order valence-electron chi connectivity index (χ0n) is 21.4. The number of nitrogens with one attached hydrogen (secondary N) is 2. The maximum absolute atomic E-state index is 6.40. The van der Waals surface area contributed by atoms with E-state index < -0.39 is 0 Å². The van der Waals surface area contributed by atoms with Gasteiger partial charge in [-0.05, 0) is 105 Å². The van der Waals surface area contributed by atoms with E-state index in [1.54, 1.807) is 12.4 Å². The molecule has 7 nitrogen and oxygen atoms in total. The van der Waals surface area contributed by atoms with Crippen molar-refractivity contribution in [2.24, 2.45) is 5.73 Å². The van der Waals surface area contributed by atoms with Crippen LogP contribution in [0.4, 0.5) is 11.6 Å². The number of benzene rings is 2. The van der Waals surface area contributed by atoms with Gasteiger partial charge in [0.1, 0.15) is 5.75 Å². The van der Waals surface area contributed by atoms with Crippen molar-refractivity contribution in [1.29, 1.82) is 0 Å². The molecule has 1 fully saturated rings. The van der Waals surface area contributed by atoms with Crippen LogP contribution in [-0.4, -0.2) is 27.0 Å². The first-order chi connectivity index (χ1) is 18.5. The van der Waals surface area contributed by atoms with Crippen LogP contribution in [-0.2, 0) is 0 Å². The van der Waals surface area contributed by atoms with Gasteiger partial charge in [0.25, 0.3) is 0 Å². The molecule has 0 bridgehead atoms. The summed E-state index contributed by atoms with van der Waals surface area (Å²) in [6, 6.07) is 18.2. The highest BCUT2D eigenvalue weighted by Gasteiger charge is 2.20. The summed E-state index contributed by atoms with van der Waals surface area (Å²) >= 11 is 7.77. The first-order valence-corrected chi connectivity index (χ1v) is 13.9. The Balaban J connectivity index is 1.33. The first kappa shape index (κ1) is 26.3. The monoisotopic (exact) mass is 546 g/mol.